The molecule has 1 nitrogen and oxygen atoms in total. The van der Waals surface area contributed by atoms with E-state index in [-0.39, 0.29) is 0 Å². The molecule has 0 heterocycles. The van der Waals surface area contributed by atoms with E-state index in [0.29, 0.717) is 0 Å². The van der Waals surface area contributed by atoms with Gasteiger partial charge in [-0.25, -0.2) is 0 Å². The van der Waals surface area contributed by atoms with Crippen molar-refractivity contribution in [1.82, 2.24) is 0 Å². The molecule has 0 bridgehead atoms. The molecule has 0 aliphatic carbocycles. The highest BCUT2D eigenvalue weighted by atomic mass is 15.1. The summed E-state index contributed by atoms with van der Waals surface area (Å²) in [4.78, 5) is 2.39. The highest BCUT2D eigenvalue weighted by molar-refractivity contribution is 6.22. The van der Waals surface area contributed by atoms with Crippen molar-refractivity contribution in [3.63, 3.8) is 0 Å². The summed E-state index contributed by atoms with van der Waals surface area (Å²) in [7, 11) is 0. The van der Waals surface area contributed by atoms with E-state index in [9.17, 15) is 0 Å². The fourth-order valence-corrected chi connectivity index (χ4v) is 9.08. The minimum Gasteiger partial charge on any atom is -0.310 e. The van der Waals surface area contributed by atoms with Crippen LogP contribution in [0, 0.1) is 0 Å². The van der Waals surface area contributed by atoms with Gasteiger partial charge in [-0.3, -0.25) is 0 Å². The molecular weight excluding hydrogens is 711 g/mol. The maximum Gasteiger partial charge on any atom is 0.0540 e. The summed E-state index contributed by atoms with van der Waals surface area (Å²) in [6, 6.07) is 86.2. The first kappa shape index (κ1) is 34.5. The fraction of sp³-hybridized carbons (Fsp3) is 0. The van der Waals surface area contributed by atoms with E-state index in [1.807, 2.05) is 0 Å². The van der Waals surface area contributed by atoms with E-state index in [2.05, 4.69) is 241 Å². The predicted octanol–water partition coefficient (Wildman–Crippen LogP) is 16.4. The maximum atomic E-state index is 2.40. The second-order valence-corrected chi connectivity index (χ2v) is 15.2. The van der Waals surface area contributed by atoms with Crippen molar-refractivity contribution in [3.05, 3.63) is 237 Å². The van der Waals surface area contributed by atoms with E-state index in [4.69, 9.17) is 0 Å². The largest absolute Gasteiger partial charge is 0.310 e. The monoisotopic (exact) mass is 749 g/mol. The first-order chi connectivity index (χ1) is 29.3. The van der Waals surface area contributed by atoms with Crippen molar-refractivity contribution in [2.75, 3.05) is 4.90 Å². The summed E-state index contributed by atoms with van der Waals surface area (Å²) in [5.41, 5.74) is 13.1. The van der Waals surface area contributed by atoms with Crippen molar-refractivity contribution >= 4 is 60.2 Å². The van der Waals surface area contributed by atoms with Crippen LogP contribution in [0.15, 0.2) is 237 Å². The number of benzene rings is 11. The van der Waals surface area contributed by atoms with Crippen LogP contribution in [-0.4, -0.2) is 0 Å². The molecule has 0 aliphatic heterocycles. The number of nitrogens with zero attached hydrogens (tertiary/aromatic N) is 1. The highest BCUT2D eigenvalue weighted by Crippen LogP contribution is 2.46. The molecule has 0 fully saturated rings. The van der Waals surface area contributed by atoms with E-state index in [1.165, 1.54) is 87.6 Å². The Morgan fingerprint density at radius 2 is 0.695 bits per heavy atom. The average molecular weight is 750 g/mol. The summed E-state index contributed by atoms with van der Waals surface area (Å²) in [5, 5.41) is 9.97. The molecule has 0 aromatic heterocycles. The Morgan fingerprint density at radius 3 is 1.36 bits per heavy atom. The third kappa shape index (κ3) is 6.12. The molecule has 11 aromatic rings. The van der Waals surface area contributed by atoms with Crippen LogP contribution in [0.5, 0.6) is 0 Å². The van der Waals surface area contributed by atoms with Crippen LogP contribution in [0.1, 0.15) is 0 Å². The zero-order chi connectivity index (χ0) is 39.1. The van der Waals surface area contributed by atoms with E-state index in [1.54, 1.807) is 0 Å². The molecule has 0 saturated carbocycles. The van der Waals surface area contributed by atoms with Crippen molar-refractivity contribution in [2.45, 2.75) is 0 Å². The lowest BCUT2D eigenvalue weighted by Crippen LogP contribution is -2.10. The van der Waals surface area contributed by atoms with Crippen LogP contribution in [0.3, 0.4) is 0 Å². The molecule has 276 valence electrons. The van der Waals surface area contributed by atoms with Crippen LogP contribution >= 0.6 is 0 Å². The lowest BCUT2D eigenvalue weighted by Gasteiger charge is -2.27. The van der Waals surface area contributed by atoms with Gasteiger partial charge in [-0.2, -0.15) is 0 Å². The Kier molecular flexibility index (Phi) is 8.56. The van der Waals surface area contributed by atoms with Crippen LogP contribution in [-0.2, 0) is 0 Å². The van der Waals surface area contributed by atoms with Crippen molar-refractivity contribution < 1.29 is 0 Å². The molecule has 0 saturated heterocycles. The van der Waals surface area contributed by atoms with Gasteiger partial charge in [0, 0.05) is 16.8 Å². The SMILES string of the molecule is c1ccc(-c2c(-c3ccccc3)c3cc(-c4ccc(N(c5ccc(-c6cccc7ccccc67)cc5)c5cccc6ccccc56)cc4)ccc3c3ccccc23)cc1. The van der Waals surface area contributed by atoms with Gasteiger partial charge in [-0.05, 0) is 119 Å². The zero-order valence-corrected chi connectivity index (χ0v) is 32.5. The molecule has 59 heavy (non-hydrogen) atoms. The molecule has 0 amide bonds. The Labute approximate surface area is 344 Å². The highest BCUT2D eigenvalue weighted by Gasteiger charge is 2.19. The Bertz CT molecular complexity index is 3280. The van der Waals surface area contributed by atoms with Gasteiger partial charge in [0.15, 0.2) is 0 Å². The van der Waals surface area contributed by atoms with Gasteiger partial charge >= 0.3 is 0 Å². The lowest BCUT2D eigenvalue weighted by atomic mass is 9.84. The molecule has 11 aromatic carbocycles. The van der Waals surface area contributed by atoms with Gasteiger partial charge in [0.05, 0.1) is 5.69 Å². The summed E-state index contributed by atoms with van der Waals surface area (Å²) >= 11 is 0. The van der Waals surface area contributed by atoms with Gasteiger partial charge in [-0.15, -0.1) is 0 Å². The minimum atomic E-state index is 1.10. The summed E-state index contributed by atoms with van der Waals surface area (Å²) in [6.07, 6.45) is 0. The maximum absolute atomic E-state index is 2.40. The Morgan fingerprint density at radius 1 is 0.237 bits per heavy atom. The molecule has 0 aliphatic rings. The molecule has 11 rings (SSSR count). The first-order valence-corrected chi connectivity index (χ1v) is 20.3. The van der Waals surface area contributed by atoms with Crippen molar-refractivity contribution in [1.29, 1.82) is 0 Å². The third-order valence-electron chi connectivity index (χ3n) is 11.8. The molecule has 0 atom stereocenters. The van der Waals surface area contributed by atoms with Gasteiger partial charge in [0.1, 0.15) is 0 Å². The predicted molar refractivity (Wildman–Crippen MR) is 253 cm³/mol. The number of rotatable bonds is 7. The molecular formula is C58H39N. The van der Waals surface area contributed by atoms with Crippen LogP contribution in [0.2, 0.25) is 0 Å². The number of fused-ring (bicyclic) bond motifs is 5. The molecule has 1 heteroatoms. The summed E-state index contributed by atoms with van der Waals surface area (Å²) in [6.45, 7) is 0. The Hall–Kier alpha value is -7.74. The standard InChI is InChI=1S/C58H39N/c1-3-17-44(18-4-1)57-54-26-12-11-25-52(54)53-38-33-46(39-55(53)58(57)45-19-5-2-6-20-45)40-29-34-47(35-30-40)59(56-28-14-22-42-16-8-10-24-51(42)56)48-36-31-43(32-37-48)50-27-13-21-41-15-7-9-23-49(41)50/h1-39H. The van der Waals surface area contributed by atoms with Crippen LogP contribution < -0.4 is 4.90 Å². The fourth-order valence-electron chi connectivity index (χ4n) is 9.08. The quantitative estimate of drug-likeness (QED) is 0.147. The second kappa shape index (κ2) is 14.6. The average Bonchev–Trinajstić information content (AvgIpc) is 3.32. The second-order valence-electron chi connectivity index (χ2n) is 15.2. The molecule has 0 radical (unpaired) electrons. The summed E-state index contributed by atoms with van der Waals surface area (Å²) < 4.78 is 0. The lowest BCUT2D eigenvalue weighted by molar-refractivity contribution is 1.30. The molecule has 0 unspecified atom stereocenters. The zero-order valence-electron chi connectivity index (χ0n) is 32.5. The molecule has 0 N–H and O–H groups in total. The van der Waals surface area contributed by atoms with E-state index in [0.717, 1.165) is 17.1 Å². The van der Waals surface area contributed by atoms with Gasteiger partial charge in [0.2, 0.25) is 0 Å². The van der Waals surface area contributed by atoms with E-state index < -0.39 is 0 Å². The van der Waals surface area contributed by atoms with Gasteiger partial charge in [0.25, 0.3) is 0 Å². The van der Waals surface area contributed by atoms with Crippen molar-refractivity contribution in [3.8, 4) is 44.5 Å². The minimum absolute atomic E-state index is 1.10. The topological polar surface area (TPSA) is 3.24 Å². The van der Waals surface area contributed by atoms with Gasteiger partial charge in [-0.1, -0.05) is 200 Å². The Balaban J connectivity index is 1.05. The normalized spacial score (nSPS) is 11.4. The van der Waals surface area contributed by atoms with Gasteiger partial charge < -0.3 is 4.90 Å². The summed E-state index contributed by atoms with van der Waals surface area (Å²) in [5.74, 6) is 0. The first-order valence-electron chi connectivity index (χ1n) is 20.3. The van der Waals surface area contributed by atoms with E-state index >= 15 is 0 Å². The van der Waals surface area contributed by atoms with Crippen LogP contribution in [0.4, 0.5) is 17.1 Å². The smallest absolute Gasteiger partial charge is 0.0540 e. The number of hydrogen-bond acceptors (Lipinski definition) is 1. The van der Waals surface area contributed by atoms with Crippen LogP contribution in [0.25, 0.3) is 87.6 Å². The molecule has 0 spiro atoms. The third-order valence-corrected chi connectivity index (χ3v) is 11.8. The number of anilines is 3. The van der Waals surface area contributed by atoms with Crippen molar-refractivity contribution in [2.24, 2.45) is 0 Å². The number of hydrogen-bond donors (Lipinski definition) is 0.